The number of nitrogens with one attached hydrogen (secondary N) is 1. The third-order valence-corrected chi connectivity index (χ3v) is 1.34. The Balaban J connectivity index is 2.50. The summed E-state index contributed by atoms with van der Waals surface area (Å²) >= 11 is 0. The van der Waals surface area contributed by atoms with Crippen molar-refractivity contribution in [1.29, 1.82) is 0 Å². The monoisotopic (exact) mass is 155 g/mol. The summed E-state index contributed by atoms with van der Waals surface area (Å²) in [6.07, 6.45) is 1.67. The second-order valence-electron chi connectivity index (χ2n) is 2.56. The van der Waals surface area contributed by atoms with Crippen LogP contribution in [-0.4, -0.2) is 17.6 Å². The van der Waals surface area contributed by atoms with E-state index >= 15 is 0 Å². The molecule has 0 saturated heterocycles. The number of oxazole rings is 1. The van der Waals surface area contributed by atoms with Crippen molar-refractivity contribution in [2.75, 3.05) is 11.9 Å². The highest BCUT2D eigenvalue weighted by atomic mass is 16.4. The third kappa shape index (κ3) is 2.23. The molecule has 0 aliphatic heterocycles. The molecule has 0 amide bonds. The first-order chi connectivity index (χ1) is 5.22. The second kappa shape index (κ2) is 3.39. The van der Waals surface area contributed by atoms with Gasteiger partial charge in [-0.15, -0.1) is 0 Å². The van der Waals surface area contributed by atoms with Crippen molar-refractivity contribution in [3.63, 3.8) is 0 Å². The van der Waals surface area contributed by atoms with Crippen LogP contribution >= 0.6 is 0 Å². The van der Waals surface area contributed by atoms with E-state index < -0.39 is 0 Å². The van der Waals surface area contributed by atoms with E-state index in [1.807, 2.05) is 13.8 Å². The van der Waals surface area contributed by atoms with Crippen LogP contribution in [0.25, 0.3) is 0 Å². The molecule has 4 heteroatoms. The fourth-order valence-corrected chi connectivity index (χ4v) is 0.691. The number of anilines is 1. The van der Waals surface area contributed by atoms with Crippen molar-refractivity contribution >= 4 is 6.01 Å². The van der Waals surface area contributed by atoms with Gasteiger partial charge >= 0.3 is 0 Å². The first kappa shape index (κ1) is 8.07. The lowest BCUT2D eigenvalue weighted by atomic mass is 10.3. The topological polar surface area (TPSA) is 64.1 Å². The van der Waals surface area contributed by atoms with Gasteiger partial charge in [0.1, 0.15) is 5.76 Å². The van der Waals surface area contributed by atoms with Gasteiger partial charge in [-0.2, -0.15) is 0 Å². The molecule has 1 heterocycles. The SMILES string of the molecule is Cc1cnc(NC(C)CN)o1. The molecule has 0 aliphatic rings. The van der Waals surface area contributed by atoms with Gasteiger partial charge in [0.05, 0.1) is 6.20 Å². The number of hydrogen-bond donors (Lipinski definition) is 2. The minimum absolute atomic E-state index is 0.202. The molecule has 0 aliphatic carbocycles. The van der Waals surface area contributed by atoms with Gasteiger partial charge in [-0.3, -0.25) is 0 Å². The molecule has 1 aromatic rings. The van der Waals surface area contributed by atoms with Gasteiger partial charge in [-0.05, 0) is 13.8 Å². The Morgan fingerprint density at radius 2 is 2.55 bits per heavy atom. The Bertz CT molecular complexity index is 221. The summed E-state index contributed by atoms with van der Waals surface area (Å²) < 4.78 is 5.18. The largest absolute Gasteiger partial charge is 0.429 e. The van der Waals surface area contributed by atoms with E-state index in [1.54, 1.807) is 6.20 Å². The van der Waals surface area contributed by atoms with Crippen molar-refractivity contribution in [3.8, 4) is 0 Å². The molecular weight excluding hydrogens is 142 g/mol. The Morgan fingerprint density at radius 3 is 3.00 bits per heavy atom. The first-order valence-corrected chi connectivity index (χ1v) is 3.61. The van der Waals surface area contributed by atoms with E-state index in [0.29, 0.717) is 12.6 Å². The van der Waals surface area contributed by atoms with Gasteiger partial charge in [0.2, 0.25) is 0 Å². The molecule has 1 atom stereocenters. The smallest absolute Gasteiger partial charge is 0.294 e. The Morgan fingerprint density at radius 1 is 1.82 bits per heavy atom. The molecule has 0 bridgehead atoms. The molecular formula is C7H13N3O. The van der Waals surface area contributed by atoms with Gasteiger partial charge in [-0.1, -0.05) is 0 Å². The number of rotatable bonds is 3. The summed E-state index contributed by atoms with van der Waals surface area (Å²) in [5.74, 6) is 0.803. The summed E-state index contributed by atoms with van der Waals surface area (Å²) in [7, 11) is 0. The summed E-state index contributed by atoms with van der Waals surface area (Å²) in [5.41, 5.74) is 5.39. The number of aromatic nitrogens is 1. The molecule has 1 rings (SSSR count). The van der Waals surface area contributed by atoms with Crippen molar-refractivity contribution in [3.05, 3.63) is 12.0 Å². The normalized spacial score (nSPS) is 13.0. The van der Waals surface area contributed by atoms with E-state index in [9.17, 15) is 0 Å². The average Bonchev–Trinajstić information content (AvgIpc) is 2.35. The molecule has 0 fully saturated rings. The Hall–Kier alpha value is -1.03. The molecule has 11 heavy (non-hydrogen) atoms. The Kier molecular flexibility index (Phi) is 2.48. The molecule has 0 radical (unpaired) electrons. The minimum atomic E-state index is 0.202. The number of nitrogens with zero attached hydrogens (tertiary/aromatic N) is 1. The van der Waals surface area contributed by atoms with E-state index in [1.165, 1.54) is 0 Å². The molecule has 0 spiro atoms. The predicted molar refractivity (Wildman–Crippen MR) is 43.4 cm³/mol. The van der Waals surface area contributed by atoms with Crippen molar-refractivity contribution in [2.45, 2.75) is 19.9 Å². The zero-order chi connectivity index (χ0) is 8.27. The standard InChI is InChI=1S/C7H13N3O/c1-5(3-8)10-7-9-4-6(2)11-7/h4-5H,3,8H2,1-2H3,(H,9,10). The van der Waals surface area contributed by atoms with Crippen LogP contribution in [0.4, 0.5) is 6.01 Å². The van der Waals surface area contributed by atoms with Crippen molar-refractivity contribution in [1.82, 2.24) is 4.98 Å². The average molecular weight is 155 g/mol. The van der Waals surface area contributed by atoms with E-state index in [-0.39, 0.29) is 6.04 Å². The predicted octanol–water partition coefficient (Wildman–Crippen LogP) is 0.742. The summed E-state index contributed by atoms with van der Waals surface area (Å²) in [4.78, 5) is 3.97. The van der Waals surface area contributed by atoms with Crippen LogP contribution in [0.5, 0.6) is 0 Å². The van der Waals surface area contributed by atoms with Crippen LogP contribution in [0, 0.1) is 6.92 Å². The Labute approximate surface area is 65.8 Å². The number of aryl methyl sites for hydroxylation is 1. The number of nitrogens with two attached hydrogens (primary N) is 1. The van der Waals surface area contributed by atoms with Crippen LogP contribution in [0.15, 0.2) is 10.6 Å². The zero-order valence-electron chi connectivity index (χ0n) is 6.79. The maximum atomic E-state index is 5.39. The van der Waals surface area contributed by atoms with Gasteiger partial charge in [-0.25, -0.2) is 4.98 Å². The van der Waals surface area contributed by atoms with Crippen LogP contribution in [0.1, 0.15) is 12.7 Å². The fraction of sp³-hybridized carbons (Fsp3) is 0.571. The van der Waals surface area contributed by atoms with E-state index in [4.69, 9.17) is 10.2 Å². The highest BCUT2D eigenvalue weighted by molar-refractivity contribution is 5.21. The minimum Gasteiger partial charge on any atom is -0.429 e. The number of hydrogen-bond acceptors (Lipinski definition) is 4. The van der Waals surface area contributed by atoms with E-state index in [2.05, 4.69) is 10.3 Å². The summed E-state index contributed by atoms with van der Waals surface area (Å²) in [6.45, 7) is 4.40. The third-order valence-electron chi connectivity index (χ3n) is 1.34. The lowest BCUT2D eigenvalue weighted by Gasteiger charge is -2.07. The molecule has 1 aromatic heterocycles. The summed E-state index contributed by atoms with van der Waals surface area (Å²) in [6, 6.07) is 0.744. The fourth-order valence-electron chi connectivity index (χ4n) is 0.691. The van der Waals surface area contributed by atoms with Crippen LogP contribution in [0.2, 0.25) is 0 Å². The van der Waals surface area contributed by atoms with Crippen LogP contribution in [0.3, 0.4) is 0 Å². The van der Waals surface area contributed by atoms with Crippen LogP contribution in [-0.2, 0) is 0 Å². The highest BCUT2D eigenvalue weighted by Gasteiger charge is 2.02. The van der Waals surface area contributed by atoms with Gasteiger partial charge in [0.15, 0.2) is 0 Å². The lowest BCUT2D eigenvalue weighted by molar-refractivity contribution is 0.533. The van der Waals surface area contributed by atoms with Crippen molar-refractivity contribution in [2.24, 2.45) is 5.73 Å². The van der Waals surface area contributed by atoms with Crippen molar-refractivity contribution < 1.29 is 4.42 Å². The van der Waals surface area contributed by atoms with Gasteiger partial charge in [0, 0.05) is 12.6 Å². The lowest BCUT2D eigenvalue weighted by Crippen LogP contribution is -2.25. The molecule has 4 nitrogen and oxygen atoms in total. The summed E-state index contributed by atoms with van der Waals surface area (Å²) in [5, 5.41) is 3.01. The zero-order valence-corrected chi connectivity index (χ0v) is 6.79. The highest BCUT2D eigenvalue weighted by Crippen LogP contribution is 2.07. The van der Waals surface area contributed by atoms with Crippen LogP contribution < -0.4 is 11.1 Å². The quantitative estimate of drug-likeness (QED) is 0.675. The molecule has 62 valence electrons. The van der Waals surface area contributed by atoms with Gasteiger partial charge in [0.25, 0.3) is 6.01 Å². The molecule has 1 unspecified atom stereocenters. The van der Waals surface area contributed by atoms with E-state index in [0.717, 1.165) is 5.76 Å². The molecule has 0 saturated carbocycles. The molecule has 3 N–H and O–H groups in total. The molecule has 0 aromatic carbocycles. The second-order valence-corrected chi connectivity index (χ2v) is 2.56. The maximum absolute atomic E-state index is 5.39. The maximum Gasteiger partial charge on any atom is 0.294 e. The first-order valence-electron chi connectivity index (χ1n) is 3.61. The van der Waals surface area contributed by atoms with Gasteiger partial charge < -0.3 is 15.5 Å².